The van der Waals surface area contributed by atoms with Crippen LogP contribution in [0.5, 0.6) is 11.5 Å². The van der Waals surface area contributed by atoms with E-state index in [0.29, 0.717) is 34.9 Å². The van der Waals surface area contributed by atoms with Gasteiger partial charge in [-0.05, 0) is 85.0 Å². The van der Waals surface area contributed by atoms with Crippen LogP contribution in [0.3, 0.4) is 0 Å². The lowest BCUT2D eigenvalue weighted by Gasteiger charge is -2.51. The van der Waals surface area contributed by atoms with Gasteiger partial charge in [-0.25, -0.2) is 0 Å². The van der Waals surface area contributed by atoms with Crippen molar-refractivity contribution in [3.63, 3.8) is 0 Å². The summed E-state index contributed by atoms with van der Waals surface area (Å²) in [7, 11) is 1.65. The van der Waals surface area contributed by atoms with Crippen LogP contribution in [0.4, 0.5) is 0 Å². The highest BCUT2D eigenvalue weighted by Crippen LogP contribution is 2.61. The van der Waals surface area contributed by atoms with Crippen LogP contribution in [0.1, 0.15) is 69.9 Å². The first kappa shape index (κ1) is 17.2. The van der Waals surface area contributed by atoms with Gasteiger partial charge in [0.25, 0.3) is 0 Å². The number of phenols is 1. The van der Waals surface area contributed by atoms with Crippen LogP contribution in [0.15, 0.2) is 12.1 Å². The van der Waals surface area contributed by atoms with E-state index in [1.165, 1.54) is 43.2 Å². The van der Waals surface area contributed by atoms with Crippen molar-refractivity contribution in [2.75, 3.05) is 7.11 Å². The van der Waals surface area contributed by atoms with E-state index in [1.54, 1.807) is 7.11 Å². The molecule has 2 fully saturated rings. The standard InChI is InChI=1S/C22H33NO2/c1-13(2)23-21-8-7-18-16-6-5-14-11-19(24)20(25-4)12-17(14)15(16)9-10-22(18,21)3/h11-13,15-16,18,21,23-24H,5-10H2,1-4H3/t15-,16+,18-,21-,22-/m0/s1. The summed E-state index contributed by atoms with van der Waals surface area (Å²) in [5, 5.41) is 14.0. The first-order valence-corrected chi connectivity index (χ1v) is 10.1. The van der Waals surface area contributed by atoms with E-state index < -0.39 is 0 Å². The molecule has 0 amide bonds. The predicted molar refractivity (Wildman–Crippen MR) is 101 cm³/mol. The van der Waals surface area contributed by atoms with Crippen LogP contribution in [0.2, 0.25) is 0 Å². The van der Waals surface area contributed by atoms with E-state index in [0.717, 1.165) is 18.3 Å². The number of hydrogen-bond acceptors (Lipinski definition) is 3. The fraction of sp³-hybridized carbons (Fsp3) is 0.727. The average molecular weight is 344 g/mol. The van der Waals surface area contributed by atoms with Crippen LogP contribution in [0, 0.1) is 17.3 Å². The van der Waals surface area contributed by atoms with Crippen molar-refractivity contribution >= 4 is 0 Å². The Hall–Kier alpha value is -1.22. The summed E-state index contributed by atoms with van der Waals surface area (Å²) in [6.07, 6.45) is 7.66. The van der Waals surface area contributed by atoms with Gasteiger partial charge in [-0.3, -0.25) is 0 Å². The Labute approximate surface area is 152 Å². The molecular weight excluding hydrogens is 310 g/mol. The number of rotatable bonds is 3. The van der Waals surface area contributed by atoms with E-state index in [1.807, 2.05) is 6.07 Å². The molecule has 25 heavy (non-hydrogen) atoms. The lowest BCUT2D eigenvalue weighted by molar-refractivity contribution is 0.0393. The number of benzene rings is 1. The van der Waals surface area contributed by atoms with E-state index in [-0.39, 0.29) is 0 Å². The van der Waals surface area contributed by atoms with Gasteiger partial charge in [-0.2, -0.15) is 0 Å². The monoisotopic (exact) mass is 343 g/mol. The summed E-state index contributed by atoms with van der Waals surface area (Å²) >= 11 is 0. The summed E-state index contributed by atoms with van der Waals surface area (Å²) in [4.78, 5) is 0. The third-order valence-electron chi connectivity index (χ3n) is 7.56. The van der Waals surface area contributed by atoms with Crippen molar-refractivity contribution in [2.24, 2.45) is 17.3 Å². The van der Waals surface area contributed by atoms with Crippen LogP contribution in [0.25, 0.3) is 0 Å². The maximum atomic E-state index is 10.1. The van der Waals surface area contributed by atoms with Gasteiger partial charge < -0.3 is 15.2 Å². The molecule has 0 aromatic heterocycles. The van der Waals surface area contributed by atoms with Gasteiger partial charge in [-0.15, -0.1) is 0 Å². The minimum absolute atomic E-state index is 0.294. The molecule has 0 saturated heterocycles. The maximum absolute atomic E-state index is 10.1. The highest BCUT2D eigenvalue weighted by atomic mass is 16.5. The molecule has 4 rings (SSSR count). The lowest BCUT2D eigenvalue weighted by atomic mass is 9.55. The highest BCUT2D eigenvalue weighted by Gasteiger charge is 2.54. The predicted octanol–water partition coefficient (Wildman–Crippen LogP) is 4.62. The minimum Gasteiger partial charge on any atom is -0.504 e. The SMILES string of the molecule is COc1cc2c(cc1O)CC[C@@H]1[C@@H]2CC[C@]2(C)[C@@H](NC(C)C)CC[C@@H]12. The second kappa shape index (κ2) is 6.19. The van der Waals surface area contributed by atoms with Gasteiger partial charge in [0.05, 0.1) is 7.11 Å². The normalized spacial score (nSPS) is 36.7. The molecule has 3 heteroatoms. The Balaban J connectivity index is 1.64. The fourth-order valence-corrected chi connectivity index (χ4v) is 6.43. The molecule has 138 valence electrons. The van der Waals surface area contributed by atoms with E-state index >= 15 is 0 Å². The average Bonchev–Trinajstić information content (AvgIpc) is 2.90. The molecule has 3 nitrogen and oxygen atoms in total. The molecule has 3 aliphatic rings. The molecule has 0 spiro atoms. The van der Waals surface area contributed by atoms with Gasteiger partial charge >= 0.3 is 0 Å². The maximum Gasteiger partial charge on any atom is 0.160 e. The fourth-order valence-electron chi connectivity index (χ4n) is 6.43. The Bertz CT molecular complexity index is 656. The third-order valence-corrected chi connectivity index (χ3v) is 7.56. The number of fused-ring (bicyclic) bond motifs is 5. The first-order valence-electron chi connectivity index (χ1n) is 10.1. The second-order valence-corrected chi connectivity index (χ2v) is 9.13. The van der Waals surface area contributed by atoms with Crippen LogP contribution in [-0.4, -0.2) is 24.3 Å². The Morgan fingerprint density at radius 1 is 1.20 bits per heavy atom. The van der Waals surface area contributed by atoms with E-state index in [9.17, 15) is 5.11 Å². The second-order valence-electron chi connectivity index (χ2n) is 9.13. The number of aryl methyl sites for hydroxylation is 1. The molecular formula is C22H33NO2. The molecule has 2 saturated carbocycles. The molecule has 0 bridgehead atoms. The molecule has 3 aliphatic carbocycles. The van der Waals surface area contributed by atoms with Crippen molar-refractivity contribution in [3.05, 3.63) is 23.3 Å². The molecule has 5 atom stereocenters. The molecule has 2 N–H and O–H groups in total. The number of nitrogens with one attached hydrogen (secondary N) is 1. The quantitative estimate of drug-likeness (QED) is 0.841. The molecule has 1 aromatic carbocycles. The van der Waals surface area contributed by atoms with Crippen molar-refractivity contribution in [2.45, 2.75) is 77.3 Å². The number of phenolic OH excluding ortho intramolecular Hbond substituents is 1. The Kier molecular flexibility index (Phi) is 4.26. The van der Waals surface area contributed by atoms with Crippen molar-refractivity contribution in [1.29, 1.82) is 0 Å². The van der Waals surface area contributed by atoms with E-state index in [4.69, 9.17) is 4.74 Å². The van der Waals surface area contributed by atoms with Crippen molar-refractivity contribution in [1.82, 2.24) is 5.32 Å². The molecule has 0 radical (unpaired) electrons. The minimum atomic E-state index is 0.294. The molecule has 1 aromatic rings. The Morgan fingerprint density at radius 2 is 2.00 bits per heavy atom. The van der Waals surface area contributed by atoms with Crippen molar-refractivity contribution in [3.8, 4) is 11.5 Å². The number of aromatic hydroxyl groups is 1. The third kappa shape index (κ3) is 2.66. The first-order chi connectivity index (χ1) is 11.9. The van der Waals surface area contributed by atoms with Crippen molar-refractivity contribution < 1.29 is 9.84 Å². The molecule has 0 unspecified atom stereocenters. The number of hydrogen-bond donors (Lipinski definition) is 2. The summed E-state index contributed by atoms with van der Waals surface area (Å²) in [5.41, 5.74) is 3.25. The molecule has 0 heterocycles. The summed E-state index contributed by atoms with van der Waals surface area (Å²) in [6, 6.07) is 5.32. The number of ether oxygens (including phenoxy) is 1. The van der Waals surface area contributed by atoms with Gasteiger partial charge in [0, 0.05) is 12.1 Å². The van der Waals surface area contributed by atoms with Gasteiger partial charge in [0.2, 0.25) is 0 Å². The van der Waals surface area contributed by atoms with Crippen LogP contribution >= 0.6 is 0 Å². The largest absolute Gasteiger partial charge is 0.504 e. The lowest BCUT2D eigenvalue weighted by Crippen LogP contribution is -2.50. The van der Waals surface area contributed by atoms with Gasteiger partial charge in [0.1, 0.15) is 0 Å². The highest BCUT2D eigenvalue weighted by molar-refractivity contribution is 5.49. The van der Waals surface area contributed by atoms with Crippen LogP contribution in [-0.2, 0) is 6.42 Å². The topological polar surface area (TPSA) is 41.5 Å². The van der Waals surface area contributed by atoms with Crippen LogP contribution < -0.4 is 10.1 Å². The summed E-state index contributed by atoms with van der Waals surface area (Å²) < 4.78 is 5.40. The Morgan fingerprint density at radius 3 is 2.72 bits per heavy atom. The zero-order valence-electron chi connectivity index (χ0n) is 16.1. The van der Waals surface area contributed by atoms with E-state index in [2.05, 4.69) is 32.2 Å². The number of methoxy groups -OCH3 is 1. The van der Waals surface area contributed by atoms with Gasteiger partial charge in [0.15, 0.2) is 11.5 Å². The zero-order chi connectivity index (χ0) is 17.8. The summed E-state index contributed by atoms with van der Waals surface area (Å²) in [5.74, 6) is 3.20. The summed E-state index contributed by atoms with van der Waals surface area (Å²) in [6.45, 7) is 7.10. The zero-order valence-corrected chi connectivity index (χ0v) is 16.1. The molecule has 0 aliphatic heterocycles. The van der Waals surface area contributed by atoms with Gasteiger partial charge in [-0.1, -0.05) is 20.8 Å². The smallest absolute Gasteiger partial charge is 0.160 e.